The number of aliphatic carboxylic acids is 1. The first-order chi connectivity index (χ1) is 14.6. The molecule has 0 fully saturated rings. The summed E-state index contributed by atoms with van der Waals surface area (Å²) in [5.41, 5.74) is 6.06. The number of thioether (sulfide) groups is 1. The molecule has 0 saturated carbocycles. The highest BCUT2D eigenvalue weighted by molar-refractivity contribution is 7.99. The van der Waals surface area contributed by atoms with Crippen molar-refractivity contribution in [1.29, 1.82) is 0 Å². The molecule has 0 atom stereocenters. The SMILES string of the molecule is CCc1ccc(/C(=C\CSc2ccc(OCC(=O)O)cc2C)c2ccccc2)cc1. The predicted octanol–water partition coefficient (Wildman–Crippen LogP) is 6.24. The predicted molar refractivity (Wildman–Crippen MR) is 124 cm³/mol. The van der Waals surface area contributed by atoms with Gasteiger partial charge in [-0.1, -0.05) is 67.6 Å². The lowest BCUT2D eigenvalue weighted by atomic mass is 9.96. The van der Waals surface area contributed by atoms with Gasteiger partial charge in [-0.05, 0) is 59.4 Å². The smallest absolute Gasteiger partial charge is 0.341 e. The number of hydrogen-bond donors (Lipinski definition) is 1. The Kier molecular flexibility index (Phi) is 7.75. The second-order valence-corrected chi connectivity index (χ2v) is 8.02. The normalized spacial score (nSPS) is 11.3. The van der Waals surface area contributed by atoms with Gasteiger partial charge < -0.3 is 9.84 Å². The monoisotopic (exact) mass is 418 g/mol. The topological polar surface area (TPSA) is 46.5 Å². The number of aryl methyl sites for hydroxylation is 2. The lowest BCUT2D eigenvalue weighted by Crippen LogP contribution is -2.09. The minimum atomic E-state index is -0.975. The first-order valence-corrected chi connectivity index (χ1v) is 11.0. The van der Waals surface area contributed by atoms with E-state index in [-0.39, 0.29) is 6.61 Å². The molecular formula is C26H26O3S. The number of carboxylic acid groups (broad SMARTS) is 1. The molecule has 3 nitrogen and oxygen atoms in total. The highest BCUT2D eigenvalue weighted by Gasteiger charge is 2.07. The van der Waals surface area contributed by atoms with E-state index in [9.17, 15) is 4.79 Å². The number of carbonyl (C=O) groups is 1. The van der Waals surface area contributed by atoms with Gasteiger partial charge in [0, 0.05) is 10.6 Å². The van der Waals surface area contributed by atoms with Crippen molar-refractivity contribution in [3.63, 3.8) is 0 Å². The van der Waals surface area contributed by atoms with Gasteiger partial charge in [-0.25, -0.2) is 4.79 Å². The zero-order valence-corrected chi connectivity index (χ0v) is 18.1. The van der Waals surface area contributed by atoms with E-state index in [1.165, 1.54) is 22.3 Å². The standard InChI is InChI=1S/C26H26O3S/c1-3-20-9-11-22(12-10-20)24(21-7-5-4-6-8-21)15-16-30-25-14-13-23(17-19(25)2)29-18-26(27)28/h4-15,17H,3,16,18H2,1-2H3,(H,27,28)/b24-15-. The fraction of sp³-hybridized carbons (Fsp3) is 0.192. The Bertz CT molecular complexity index is 1010. The molecule has 3 aromatic carbocycles. The van der Waals surface area contributed by atoms with Gasteiger partial charge in [0.25, 0.3) is 0 Å². The first kappa shape index (κ1) is 21.7. The number of rotatable bonds is 9. The van der Waals surface area contributed by atoms with Crippen LogP contribution in [0.5, 0.6) is 5.75 Å². The number of hydrogen-bond acceptors (Lipinski definition) is 3. The lowest BCUT2D eigenvalue weighted by molar-refractivity contribution is -0.139. The molecule has 4 heteroatoms. The van der Waals surface area contributed by atoms with Crippen molar-refractivity contribution in [3.05, 3.63) is 101 Å². The van der Waals surface area contributed by atoms with Gasteiger partial charge in [-0.15, -0.1) is 11.8 Å². The van der Waals surface area contributed by atoms with Crippen molar-refractivity contribution in [1.82, 2.24) is 0 Å². The summed E-state index contributed by atoms with van der Waals surface area (Å²) in [5.74, 6) is 0.433. The van der Waals surface area contributed by atoms with E-state index in [4.69, 9.17) is 9.84 Å². The van der Waals surface area contributed by atoms with Crippen molar-refractivity contribution in [3.8, 4) is 5.75 Å². The third kappa shape index (κ3) is 6.01. The summed E-state index contributed by atoms with van der Waals surface area (Å²) in [6, 6.07) is 24.9. The van der Waals surface area contributed by atoms with Crippen LogP contribution >= 0.6 is 11.8 Å². The molecule has 0 unspecified atom stereocenters. The average molecular weight is 419 g/mol. The van der Waals surface area contributed by atoms with E-state index in [0.717, 1.165) is 22.6 Å². The van der Waals surface area contributed by atoms with Crippen LogP contribution in [0.2, 0.25) is 0 Å². The molecule has 0 spiro atoms. The van der Waals surface area contributed by atoms with Gasteiger partial charge in [0.2, 0.25) is 0 Å². The fourth-order valence-corrected chi connectivity index (χ4v) is 4.05. The Labute approximate surface area is 182 Å². The van der Waals surface area contributed by atoms with Gasteiger partial charge >= 0.3 is 5.97 Å². The number of ether oxygens (including phenoxy) is 1. The van der Waals surface area contributed by atoms with Crippen molar-refractivity contribution in [2.75, 3.05) is 12.4 Å². The molecule has 0 saturated heterocycles. The maximum absolute atomic E-state index is 10.7. The second-order valence-electron chi connectivity index (χ2n) is 6.96. The van der Waals surface area contributed by atoms with Crippen LogP contribution in [0.1, 0.15) is 29.2 Å². The van der Waals surface area contributed by atoms with Crippen LogP contribution in [-0.4, -0.2) is 23.4 Å². The minimum Gasteiger partial charge on any atom is -0.482 e. The summed E-state index contributed by atoms with van der Waals surface area (Å²) in [6.45, 7) is 3.85. The molecule has 0 aromatic heterocycles. The molecule has 154 valence electrons. The molecule has 3 rings (SSSR count). The summed E-state index contributed by atoms with van der Waals surface area (Å²) in [5, 5.41) is 8.75. The van der Waals surface area contributed by atoms with Crippen molar-refractivity contribution < 1.29 is 14.6 Å². The summed E-state index contributed by atoms with van der Waals surface area (Å²) in [7, 11) is 0. The molecule has 0 aliphatic carbocycles. The van der Waals surface area contributed by atoms with Gasteiger partial charge in [0.15, 0.2) is 6.61 Å². The van der Waals surface area contributed by atoms with E-state index >= 15 is 0 Å². The van der Waals surface area contributed by atoms with E-state index in [1.54, 1.807) is 11.8 Å². The summed E-state index contributed by atoms with van der Waals surface area (Å²) in [4.78, 5) is 11.8. The zero-order chi connectivity index (χ0) is 21.3. The molecule has 30 heavy (non-hydrogen) atoms. The molecule has 0 amide bonds. The van der Waals surface area contributed by atoms with E-state index in [1.807, 2.05) is 31.2 Å². The Morgan fingerprint density at radius 1 is 1.00 bits per heavy atom. The van der Waals surface area contributed by atoms with Gasteiger partial charge in [-0.2, -0.15) is 0 Å². The van der Waals surface area contributed by atoms with Crippen LogP contribution in [0.25, 0.3) is 5.57 Å². The van der Waals surface area contributed by atoms with Crippen LogP contribution in [0.3, 0.4) is 0 Å². The first-order valence-electron chi connectivity index (χ1n) is 9.99. The minimum absolute atomic E-state index is 0.327. The Morgan fingerprint density at radius 3 is 2.33 bits per heavy atom. The highest BCUT2D eigenvalue weighted by Crippen LogP contribution is 2.29. The van der Waals surface area contributed by atoms with Crippen LogP contribution in [0.4, 0.5) is 0 Å². The molecule has 0 heterocycles. The van der Waals surface area contributed by atoms with Crippen LogP contribution in [0, 0.1) is 6.92 Å². The molecule has 0 bridgehead atoms. The number of carboxylic acids is 1. The molecule has 0 aliphatic rings. The molecular weight excluding hydrogens is 392 g/mol. The largest absolute Gasteiger partial charge is 0.482 e. The maximum Gasteiger partial charge on any atom is 0.341 e. The van der Waals surface area contributed by atoms with Crippen molar-refractivity contribution >= 4 is 23.3 Å². The van der Waals surface area contributed by atoms with Crippen molar-refractivity contribution in [2.45, 2.75) is 25.2 Å². The average Bonchev–Trinajstić information content (AvgIpc) is 2.77. The summed E-state index contributed by atoms with van der Waals surface area (Å²) < 4.78 is 5.26. The highest BCUT2D eigenvalue weighted by atomic mass is 32.2. The summed E-state index contributed by atoms with van der Waals surface area (Å²) in [6.07, 6.45) is 3.31. The van der Waals surface area contributed by atoms with E-state index in [2.05, 4.69) is 61.5 Å². The molecule has 1 N–H and O–H groups in total. The van der Waals surface area contributed by atoms with E-state index < -0.39 is 5.97 Å². The Morgan fingerprint density at radius 2 is 1.70 bits per heavy atom. The van der Waals surface area contributed by atoms with Crippen molar-refractivity contribution in [2.24, 2.45) is 0 Å². The quantitative estimate of drug-likeness (QED) is 0.418. The maximum atomic E-state index is 10.7. The molecule has 0 aliphatic heterocycles. The zero-order valence-electron chi connectivity index (χ0n) is 17.3. The lowest BCUT2D eigenvalue weighted by Gasteiger charge is -2.11. The van der Waals surface area contributed by atoms with Gasteiger partial charge in [0.1, 0.15) is 5.75 Å². The molecule has 3 aromatic rings. The number of benzene rings is 3. The third-order valence-electron chi connectivity index (χ3n) is 4.79. The Hall–Kier alpha value is -2.98. The van der Waals surface area contributed by atoms with Gasteiger partial charge in [0.05, 0.1) is 0 Å². The van der Waals surface area contributed by atoms with Crippen LogP contribution in [-0.2, 0) is 11.2 Å². The van der Waals surface area contributed by atoms with E-state index in [0.29, 0.717) is 5.75 Å². The summed E-state index contributed by atoms with van der Waals surface area (Å²) >= 11 is 1.76. The van der Waals surface area contributed by atoms with Crippen LogP contribution < -0.4 is 4.74 Å². The Balaban J connectivity index is 1.77. The fourth-order valence-electron chi connectivity index (χ4n) is 3.17. The third-order valence-corrected chi connectivity index (χ3v) is 5.90. The second kappa shape index (κ2) is 10.7. The van der Waals surface area contributed by atoms with Crippen LogP contribution in [0.15, 0.2) is 83.8 Å². The van der Waals surface area contributed by atoms with Gasteiger partial charge in [-0.3, -0.25) is 0 Å². The molecule has 0 radical (unpaired) electrons.